The molecule has 0 aliphatic rings. The molecule has 0 saturated carbocycles. The molecule has 0 aliphatic heterocycles. The molecule has 0 amide bonds. The maximum absolute atomic E-state index is 10.4. The monoisotopic (exact) mass is 379 g/mol. The van der Waals surface area contributed by atoms with Crippen LogP contribution in [0.3, 0.4) is 0 Å². The number of aromatic hydroxyl groups is 2. The maximum atomic E-state index is 10.4. The Bertz CT molecular complexity index is 971. The first-order chi connectivity index (χ1) is 12.2. The summed E-state index contributed by atoms with van der Waals surface area (Å²) < 4.78 is 0. The van der Waals surface area contributed by atoms with Crippen molar-refractivity contribution < 1.29 is 27.6 Å². The van der Waals surface area contributed by atoms with Crippen molar-refractivity contribution >= 4 is 21.5 Å². The number of allylic oxidation sites excluding steroid dienone is 1. The largest absolute Gasteiger partial charge is 0.507 e. The SMILES string of the molecule is C=C[CH2-].Oc1ccc2ccccc2c1-c1c(O)ccc2ccccc12.[Cr]. The van der Waals surface area contributed by atoms with Gasteiger partial charge >= 0.3 is 0 Å². The minimum Gasteiger partial charge on any atom is -0.507 e. The number of benzene rings is 4. The maximum Gasteiger partial charge on any atom is 0.124 e. The van der Waals surface area contributed by atoms with E-state index in [2.05, 4.69) is 13.5 Å². The van der Waals surface area contributed by atoms with E-state index in [9.17, 15) is 10.2 Å². The van der Waals surface area contributed by atoms with E-state index in [1.807, 2.05) is 60.7 Å². The van der Waals surface area contributed by atoms with Gasteiger partial charge in [0.1, 0.15) is 11.5 Å². The molecule has 0 unspecified atom stereocenters. The Morgan fingerprint density at radius 3 is 1.38 bits per heavy atom. The molecule has 0 aromatic heterocycles. The van der Waals surface area contributed by atoms with Crippen LogP contribution in [0.2, 0.25) is 0 Å². The second kappa shape index (κ2) is 8.49. The van der Waals surface area contributed by atoms with E-state index >= 15 is 0 Å². The van der Waals surface area contributed by atoms with Crippen LogP contribution in [0.1, 0.15) is 0 Å². The van der Waals surface area contributed by atoms with Crippen LogP contribution in [0.5, 0.6) is 11.5 Å². The van der Waals surface area contributed by atoms with Gasteiger partial charge in [-0.1, -0.05) is 60.7 Å². The Balaban J connectivity index is 0.000000570. The molecule has 0 saturated heterocycles. The summed E-state index contributed by atoms with van der Waals surface area (Å²) in [5.74, 6) is 0.343. The number of hydrogen-bond donors (Lipinski definition) is 2. The molecule has 4 aromatic rings. The molecular weight excluding hydrogens is 360 g/mol. The minimum absolute atomic E-state index is 0. The molecule has 130 valence electrons. The Hall–Kier alpha value is -2.86. The van der Waals surface area contributed by atoms with Gasteiger partial charge in [-0.25, -0.2) is 19.6 Å². The van der Waals surface area contributed by atoms with Gasteiger partial charge < -0.3 is 10.2 Å². The van der Waals surface area contributed by atoms with Gasteiger partial charge in [-0.3, -0.25) is 0 Å². The summed E-state index contributed by atoms with van der Waals surface area (Å²) in [6, 6.07) is 22.9. The van der Waals surface area contributed by atoms with Crippen molar-refractivity contribution in [2.45, 2.75) is 0 Å². The molecule has 0 aliphatic carbocycles. The molecule has 4 aromatic carbocycles. The van der Waals surface area contributed by atoms with Gasteiger partial charge in [-0.15, -0.1) is 0 Å². The van der Waals surface area contributed by atoms with Crippen molar-refractivity contribution in [1.82, 2.24) is 0 Å². The molecule has 0 fully saturated rings. The van der Waals surface area contributed by atoms with E-state index in [1.165, 1.54) is 6.08 Å². The van der Waals surface area contributed by atoms with E-state index in [0.29, 0.717) is 11.1 Å². The molecule has 2 nitrogen and oxygen atoms in total. The molecule has 26 heavy (non-hydrogen) atoms. The van der Waals surface area contributed by atoms with E-state index in [4.69, 9.17) is 0 Å². The van der Waals surface area contributed by atoms with Crippen molar-refractivity contribution in [3.8, 4) is 22.6 Å². The summed E-state index contributed by atoms with van der Waals surface area (Å²) in [5, 5.41) is 24.8. The van der Waals surface area contributed by atoms with E-state index in [0.717, 1.165) is 21.5 Å². The molecule has 0 atom stereocenters. The normalized spacial score (nSPS) is 9.85. The van der Waals surface area contributed by atoms with Crippen molar-refractivity contribution in [2.75, 3.05) is 0 Å². The van der Waals surface area contributed by atoms with Crippen molar-refractivity contribution in [1.29, 1.82) is 0 Å². The van der Waals surface area contributed by atoms with Crippen LogP contribution in [-0.4, -0.2) is 10.2 Å². The first-order valence-electron chi connectivity index (χ1n) is 7.99. The fourth-order valence-electron chi connectivity index (χ4n) is 3.05. The van der Waals surface area contributed by atoms with Gasteiger partial charge in [-0.2, -0.15) is 0 Å². The van der Waals surface area contributed by atoms with E-state index in [-0.39, 0.29) is 28.9 Å². The van der Waals surface area contributed by atoms with Crippen molar-refractivity contribution in [2.24, 2.45) is 0 Å². The summed E-state index contributed by atoms with van der Waals surface area (Å²) in [5.41, 5.74) is 1.35. The Morgan fingerprint density at radius 2 is 1.00 bits per heavy atom. The van der Waals surface area contributed by atoms with Crippen LogP contribution in [0.4, 0.5) is 0 Å². The summed E-state index contributed by atoms with van der Waals surface area (Å²) in [6.45, 7) is 6.50. The molecule has 3 heteroatoms. The smallest absolute Gasteiger partial charge is 0.124 e. The third-order valence-electron chi connectivity index (χ3n) is 4.06. The van der Waals surface area contributed by atoms with Crippen LogP contribution in [0, 0.1) is 6.92 Å². The summed E-state index contributed by atoms with van der Waals surface area (Å²) in [4.78, 5) is 0. The first-order valence-corrected chi connectivity index (χ1v) is 7.99. The van der Waals surface area contributed by atoms with Crippen molar-refractivity contribution in [3.05, 3.63) is 92.4 Å². The zero-order valence-corrected chi connectivity index (χ0v) is 15.5. The third kappa shape index (κ3) is 3.55. The van der Waals surface area contributed by atoms with Gasteiger partial charge in [0.2, 0.25) is 0 Å². The molecule has 0 bridgehead atoms. The van der Waals surface area contributed by atoms with Crippen LogP contribution >= 0.6 is 0 Å². The zero-order chi connectivity index (χ0) is 17.8. The predicted molar refractivity (Wildman–Crippen MR) is 106 cm³/mol. The number of phenols is 2. The fraction of sp³-hybridized carbons (Fsp3) is 0. The average Bonchev–Trinajstić information content (AvgIpc) is 2.63. The molecule has 0 radical (unpaired) electrons. The number of phenolic OH excluding ortho intramolecular Hbond substituents is 2. The summed E-state index contributed by atoms with van der Waals surface area (Å²) in [7, 11) is 0. The van der Waals surface area contributed by atoms with Gasteiger partial charge in [0.25, 0.3) is 0 Å². The summed E-state index contributed by atoms with van der Waals surface area (Å²) in [6.07, 6.45) is 1.50. The zero-order valence-electron chi connectivity index (χ0n) is 14.2. The molecular formula is C23H19CrO2-. The average molecular weight is 379 g/mol. The van der Waals surface area contributed by atoms with Crippen LogP contribution in [0.15, 0.2) is 85.5 Å². The van der Waals surface area contributed by atoms with Crippen molar-refractivity contribution in [3.63, 3.8) is 0 Å². The predicted octanol–water partition coefficient (Wildman–Crippen LogP) is 6.08. The van der Waals surface area contributed by atoms with E-state index < -0.39 is 0 Å². The second-order valence-corrected chi connectivity index (χ2v) is 5.65. The molecule has 0 heterocycles. The molecule has 2 N–H and O–H groups in total. The Labute approximate surface area is 164 Å². The van der Waals surface area contributed by atoms with Gasteiger partial charge in [0.15, 0.2) is 0 Å². The van der Waals surface area contributed by atoms with Gasteiger partial charge in [0.05, 0.1) is 0 Å². The molecule has 0 spiro atoms. The Kier molecular flexibility index (Phi) is 6.36. The third-order valence-corrected chi connectivity index (χ3v) is 4.06. The number of fused-ring (bicyclic) bond motifs is 2. The quantitative estimate of drug-likeness (QED) is 0.394. The summed E-state index contributed by atoms with van der Waals surface area (Å²) >= 11 is 0. The second-order valence-electron chi connectivity index (χ2n) is 5.65. The fourth-order valence-corrected chi connectivity index (χ4v) is 3.05. The van der Waals surface area contributed by atoms with Crippen LogP contribution < -0.4 is 0 Å². The minimum atomic E-state index is 0. The first kappa shape index (κ1) is 19.5. The number of rotatable bonds is 1. The van der Waals surface area contributed by atoms with Gasteiger partial charge in [0, 0.05) is 28.5 Å². The Morgan fingerprint density at radius 1 is 0.654 bits per heavy atom. The van der Waals surface area contributed by atoms with Gasteiger partial charge in [-0.05, 0) is 33.7 Å². The standard InChI is InChI=1S/C20H14O2.C3H5.Cr/c21-17-11-9-13-5-1-3-7-15(13)19(17)20-16-8-4-2-6-14(16)10-12-18(20)22;1-3-2;/h1-12,21-22H;3H,1-2H2;/q;-1;. The van der Waals surface area contributed by atoms with E-state index in [1.54, 1.807) is 12.1 Å². The number of hydrogen-bond acceptors (Lipinski definition) is 2. The van der Waals surface area contributed by atoms with Crippen LogP contribution in [0.25, 0.3) is 32.7 Å². The molecule has 4 rings (SSSR count). The van der Waals surface area contributed by atoms with Crippen LogP contribution in [-0.2, 0) is 17.4 Å². The topological polar surface area (TPSA) is 40.5 Å².